The van der Waals surface area contributed by atoms with Crippen LogP contribution in [-0.4, -0.2) is 56.8 Å². The van der Waals surface area contributed by atoms with E-state index in [1.165, 1.54) is 5.56 Å². The summed E-state index contributed by atoms with van der Waals surface area (Å²) < 4.78 is 11.1. The molecule has 0 spiro atoms. The van der Waals surface area contributed by atoms with Gasteiger partial charge in [-0.25, -0.2) is 0 Å². The van der Waals surface area contributed by atoms with Gasteiger partial charge in [-0.3, -0.25) is 9.69 Å². The average Bonchev–Trinajstić information content (AvgIpc) is 2.82. The number of nitrogens with zero attached hydrogens (tertiary/aromatic N) is 2. The molecule has 5 heteroatoms. The van der Waals surface area contributed by atoms with Gasteiger partial charge >= 0.3 is 0 Å². The molecule has 0 saturated carbocycles. The lowest BCUT2D eigenvalue weighted by atomic mass is 10.1. The molecule has 1 aromatic carbocycles. The SMILES string of the molecule is CCN1CCO[C@H](C(=O)N2CCCCc3cc(OC)ccc32)C1. The molecule has 5 nitrogen and oxygen atoms in total. The van der Waals surface area contributed by atoms with Crippen molar-refractivity contribution in [3.8, 4) is 5.75 Å². The van der Waals surface area contributed by atoms with E-state index in [0.29, 0.717) is 13.2 Å². The molecule has 0 aliphatic carbocycles. The third-order valence-corrected chi connectivity index (χ3v) is 4.79. The Hall–Kier alpha value is -1.59. The molecule has 0 aromatic heterocycles. The highest BCUT2D eigenvalue weighted by molar-refractivity contribution is 5.97. The summed E-state index contributed by atoms with van der Waals surface area (Å²) in [6, 6.07) is 6.00. The fourth-order valence-corrected chi connectivity index (χ4v) is 3.40. The Balaban J connectivity index is 1.83. The molecule has 23 heavy (non-hydrogen) atoms. The second-order valence-corrected chi connectivity index (χ2v) is 6.19. The van der Waals surface area contributed by atoms with Gasteiger partial charge in [0.2, 0.25) is 0 Å². The first-order valence-corrected chi connectivity index (χ1v) is 8.55. The number of fused-ring (bicyclic) bond motifs is 1. The molecule has 126 valence electrons. The molecule has 1 fully saturated rings. The number of morpholine rings is 1. The lowest BCUT2D eigenvalue weighted by molar-refractivity contribution is -0.135. The van der Waals surface area contributed by atoms with Crippen LogP contribution in [0.4, 0.5) is 5.69 Å². The topological polar surface area (TPSA) is 42.0 Å². The quantitative estimate of drug-likeness (QED) is 0.856. The van der Waals surface area contributed by atoms with E-state index in [-0.39, 0.29) is 12.0 Å². The van der Waals surface area contributed by atoms with Crippen LogP contribution < -0.4 is 9.64 Å². The van der Waals surface area contributed by atoms with E-state index in [4.69, 9.17) is 9.47 Å². The summed E-state index contributed by atoms with van der Waals surface area (Å²) in [5, 5.41) is 0. The van der Waals surface area contributed by atoms with E-state index in [0.717, 1.165) is 50.3 Å². The van der Waals surface area contributed by atoms with Crippen molar-refractivity contribution < 1.29 is 14.3 Å². The van der Waals surface area contributed by atoms with Crippen molar-refractivity contribution >= 4 is 11.6 Å². The van der Waals surface area contributed by atoms with Crippen LogP contribution in [-0.2, 0) is 16.0 Å². The zero-order valence-corrected chi connectivity index (χ0v) is 14.1. The number of hydrogen-bond donors (Lipinski definition) is 0. The second-order valence-electron chi connectivity index (χ2n) is 6.19. The van der Waals surface area contributed by atoms with Gasteiger partial charge in [0.15, 0.2) is 0 Å². The summed E-state index contributed by atoms with van der Waals surface area (Å²) in [6.07, 6.45) is 2.75. The van der Waals surface area contributed by atoms with Gasteiger partial charge in [-0.15, -0.1) is 0 Å². The van der Waals surface area contributed by atoms with Crippen molar-refractivity contribution in [2.75, 3.05) is 44.8 Å². The van der Waals surface area contributed by atoms with Crippen LogP contribution in [0, 0.1) is 0 Å². The smallest absolute Gasteiger partial charge is 0.257 e. The fraction of sp³-hybridized carbons (Fsp3) is 0.611. The number of benzene rings is 1. The molecule has 2 aliphatic rings. The minimum Gasteiger partial charge on any atom is -0.497 e. The summed E-state index contributed by atoms with van der Waals surface area (Å²) in [7, 11) is 1.68. The summed E-state index contributed by atoms with van der Waals surface area (Å²) in [6.45, 7) is 6.09. The number of carbonyl (C=O) groups is 1. The first-order chi connectivity index (χ1) is 11.2. The Morgan fingerprint density at radius 2 is 2.22 bits per heavy atom. The lowest BCUT2D eigenvalue weighted by Gasteiger charge is -2.34. The first-order valence-electron chi connectivity index (χ1n) is 8.55. The molecule has 1 aromatic rings. The monoisotopic (exact) mass is 318 g/mol. The summed E-state index contributed by atoms with van der Waals surface area (Å²) >= 11 is 0. The molecular formula is C18H26N2O3. The number of carbonyl (C=O) groups excluding carboxylic acids is 1. The Labute approximate surface area is 138 Å². The van der Waals surface area contributed by atoms with E-state index >= 15 is 0 Å². The summed E-state index contributed by atoms with van der Waals surface area (Å²) in [5.74, 6) is 0.945. The maximum absolute atomic E-state index is 13.0. The number of anilines is 1. The lowest BCUT2D eigenvalue weighted by Crippen LogP contribution is -2.51. The maximum atomic E-state index is 13.0. The highest BCUT2D eigenvalue weighted by Gasteiger charge is 2.32. The van der Waals surface area contributed by atoms with Crippen LogP contribution in [0.1, 0.15) is 25.3 Å². The molecular weight excluding hydrogens is 292 g/mol. The predicted octanol–water partition coefficient (Wildman–Crippen LogP) is 2.09. The number of rotatable bonds is 3. The number of aryl methyl sites for hydroxylation is 1. The third kappa shape index (κ3) is 3.51. The molecule has 3 rings (SSSR count). The number of ether oxygens (including phenoxy) is 2. The Morgan fingerprint density at radius 1 is 1.35 bits per heavy atom. The number of likely N-dealkylation sites (N-methyl/N-ethyl adjacent to an activating group) is 1. The van der Waals surface area contributed by atoms with Crippen LogP contribution in [0.25, 0.3) is 0 Å². The summed E-state index contributed by atoms with van der Waals surface area (Å²) in [5.41, 5.74) is 2.21. The van der Waals surface area contributed by atoms with E-state index in [1.54, 1.807) is 7.11 Å². The molecule has 0 N–H and O–H groups in total. The number of amides is 1. The van der Waals surface area contributed by atoms with Crippen molar-refractivity contribution in [1.29, 1.82) is 0 Å². The molecule has 2 heterocycles. The predicted molar refractivity (Wildman–Crippen MR) is 90.1 cm³/mol. The van der Waals surface area contributed by atoms with Crippen LogP contribution in [0.3, 0.4) is 0 Å². The van der Waals surface area contributed by atoms with Gasteiger partial charge < -0.3 is 14.4 Å². The zero-order chi connectivity index (χ0) is 16.2. The highest BCUT2D eigenvalue weighted by Crippen LogP contribution is 2.30. The zero-order valence-electron chi connectivity index (χ0n) is 14.1. The van der Waals surface area contributed by atoms with Gasteiger partial charge in [0, 0.05) is 25.3 Å². The maximum Gasteiger partial charge on any atom is 0.257 e. The second kappa shape index (κ2) is 7.32. The summed E-state index contributed by atoms with van der Waals surface area (Å²) in [4.78, 5) is 17.2. The molecule has 2 aliphatic heterocycles. The van der Waals surface area contributed by atoms with Gasteiger partial charge in [-0.05, 0) is 49.6 Å². The average molecular weight is 318 g/mol. The van der Waals surface area contributed by atoms with Crippen LogP contribution in [0.2, 0.25) is 0 Å². The van der Waals surface area contributed by atoms with Gasteiger partial charge in [0.05, 0.1) is 13.7 Å². The third-order valence-electron chi connectivity index (χ3n) is 4.79. The Kier molecular flexibility index (Phi) is 5.18. The van der Waals surface area contributed by atoms with Gasteiger partial charge in [0.1, 0.15) is 11.9 Å². The fourth-order valence-electron chi connectivity index (χ4n) is 3.40. The highest BCUT2D eigenvalue weighted by atomic mass is 16.5. The molecule has 0 radical (unpaired) electrons. The van der Waals surface area contributed by atoms with Crippen LogP contribution >= 0.6 is 0 Å². The van der Waals surface area contributed by atoms with Crippen molar-refractivity contribution in [3.05, 3.63) is 23.8 Å². The number of methoxy groups -OCH3 is 1. The van der Waals surface area contributed by atoms with Crippen molar-refractivity contribution in [2.45, 2.75) is 32.3 Å². The largest absolute Gasteiger partial charge is 0.497 e. The van der Waals surface area contributed by atoms with E-state index < -0.39 is 0 Å². The normalized spacial score (nSPS) is 22.3. The van der Waals surface area contributed by atoms with Crippen molar-refractivity contribution in [1.82, 2.24) is 4.90 Å². The number of hydrogen-bond acceptors (Lipinski definition) is 4. The molecule has 1 saturated heterocycles. The standard InChI is InChI=1S/C18H26N2O3/c1-3-19-10-11-23-17(13-19)18(21)20-9-5-4-6-14-12-15(22-2)7-8-16(14)20/h7-8,12,17H,3-6,9-11,13H2,1-2H3/t17-/m0/s1. The van der Waals surface area contributed by atoms with Crippen molar-refractivity contribution in [2.24, 2.45) is 0 Å². The minimum atomic E-state index is -0.350. The van der Waals surface area contributed by atoms with Crippen LogP contribution in [0.5, 0.6) is 5.75 Å². The van der Waals surface area contributed by atoms with Gasteiger partial charge in [-0.2, -0.15) is 0 Å². The van der Waals surface area contributed by atoms with E-state index in [9.17, 15) is 4.79 Å². The molecule has 1 amide bonds. The van der Waals surface area contributed by atoms with Crippen LogP contribution in [0.15, 0.2) is 18.2 Å². The van der Waals surface area contributed by atoms with E-state index in [1.807, 2.05) is 17.0 Å². The minimum absolute atomic E-state index is 0.0940. The van der Waals surface area contributed by atoms with Gasteiger partial charge in [0.25, 0.3) is 5.91 Å². The molecule has 0 unspecified atom stereocenters. The molecule has 0 bridgehead atoms. The van der Waals surface area contributed by atoms with E-state index in [2.05, 4.69) is 17.9 Å². The first kappa shape index (κ1) is 16.3. The van der Waals surface area contributed by atoms with Crippen molar-refractivity contribution in [3.63, 3.8) is 0 Å². The Bertz CT molecular complexity index is 561. The Morgan fingerprint density at radius 3 is 3.00 bits per heavy atom. The molecule has 1 atom stereocenters. The van der Waals surface area contributed by atoms with Gasteiger partial charge in [-0.1, -0.05) is 6.92 Å².